The van der Waals surface area contributed by atoms with Gasteiger partial charge in [-0.1, -0.05) is 25.5 Å². The lowest BCUT2D eigenvalue weighted by atomic mass is 10.1. The van der Waals surface area contributed by atoms with Gasteiger partial charge >= 0.3 is 0 Å². The van der Waals surface area contributed by atoms with Crippen molar-refractivity contribution in [1.29, 1.82) is 0 Å². The van der Waals surface area contributed by atoms with E-state index >= 15 is 0 Å². The maximum Gasteiger partial charge on any atom is 0.251 e. The molecular formula is C23H34IN7O2. The van der Waals surface area contributed by atoms with Gasteiger partial charge in [0.25, 0.3) is 5.91 Å². The molecule has 0 atom stereocenters. The van der Waals surface area contributed by atoms with Gasteiger partial charge in [0.05, 0.1) is 18.4 Å². The molecule has 3 rings (SSSR count). The van der Waals surface area contributed by atoms with Crippen LogP contribution >= 0.6 is 24.0 Å². The number of hydrogen-bond acceptors (Lipinski definition) is 4. The number of benzene rings is 1. The second kappa shape index (κ2) is 13.2. The second-order valence-electron chi connectivity index (χ2n) is 7.82. The van der Waals surface area contributed by atoms with Crippen LogP contribution in [-0.2, 0) is 18.4 Å². The summed E-state index contributed by atoms with van der Waals surface area (Å²) in [7, 11) is 1.84. The summed E-state index contributed by atoms with van der Waals surface area (Å²) in [5.74, 6) is 0.688. The number of guanidine groups is 1. The molecule has 0 unspecified atom stereocenters. The van der Waals surface area contributed by atoms with E-state index in [4.69, 9.17) is 4.99 Å². The van der Waals surface area contributed by atoms with Crippen molar-refractivity contribution in [2.75, 3.05) is 37.6 Å². The third-order valence-corrected chi connectivity index (χ3v) is 5.30. The number of nitrogens with one attached hydrogen (secondary N) is 2. The molecular weight excluding hydrogens is 533 g/mol. The molecule has 1 aromatic carbocycles. The summed E-state index contributed by atoms with van der Waals surface area (Å²) in [6.45, 7) is 7.51. The maximum absolute atomic E-state index is 12.7. The average molecular weight is 567 g/mol. The van der Waals surface area contributed by atoms with Gasteiger partial charge in [-0.25, -0.2) is 4.99 Å². The van der Waals surface area contributed by atoms with E-state index in [1.54, 1.807) is 15.8 Å². The first-order chi connectivity index (χ1) is 15.5. The van der Waals surface area contributed by atoms with Crippen LogP contribution in [0.15, 0.2) is 41.7 Å². The van der Waals surface area contributed by atoms with Gasteiger partial charge in [0.15, 0.2) is 5.96 Å². The van der Waals surface area contributed by atoms with E-state index in [0.717, 1.165) is 24.1 Å². The largest absolute Gasteiger partial charge is 0.356 e. The number of carbonyl (C=O) groups excluding carboxylic acids is 2. The van der Waals surface area contributed by atoms with Crippen molar-refractivity contribution >= 4 is 47.4 Å². The second-order valence-corrected chi connectivity index (χ2v) is 7.82. The Hall–Kier alpha value is -2.63. The molecule has 0 spiro atoms. The van der Waals surface area contributed by atoms with E-state index in [1.807, 2.05) is 49.3 Å². The Bertz CT molecular complexity index is 943. The molecule has 9 nitrogen and oxygen atoms in total. The standard InChI is InChI=1S/C23H33N7O2.HI/c1-4-6-11-25-22(32)19-9-7-18(8-10-19)14-26-23(24-5-2)29-12-13-30(21(31)17-29)20-15-27-28(3)16-20;/h7-10,15-16H,4-6,11-14,17H2,1-3H3,(H,24,26)(H,25,32);1H. The van der Waals surface area contributed by atoms with Gasteiger partial charge in [0, 0.05) is 45.0 Å². The summed E-state index contributed by atoms with van der Waals surface area (Å²) < 4.78 is 1.70. The van der Waals surface area contributed by atoms with Crippen molar-refractivity contribution < 1.29 is 9.59 Å². The Morgan fingerprint density at radius 2 is 1.91 bits per heavy atom. The Morgan fingerprint density at radius 3 is 2.52 bits per heavy atom. The minimum atomic E-state index is -0.0492. The number of carbonyl (C=O) groups is 2. The lowest BCUT2D eigenvalue weighted by molar-refractivity contribution is -0.120. The number of aryl methyl sites for hydroxylation is 1. The van der Waals surface area contributed by atoms with Gasteiger partial charge < -0.3 is 20.4 Å². The number of hydrogen-bond donors (Lipinski definition) is 2. The molecule has 1 aromatic heterocycles. The lowest BCUT2D eigenvalue weighted by Crippen LogP contribution is -2.55. The highest BCUT2D eigenvalue weighted by Gasteiger charge is 2.27. The Kier molecular flexibility index (Phi) is 10.6. The molecule has 0 radical (unpaired) electrons. The normalized spacial score (nSPS) is 14.2. The molecule has 0 aliphatic carbocycles. The van der Waals surface area contributed by atoms with E-state index in [-0.39, 0.29) is 42.3 Å². The number of halogens is 1. The lowest BCUT2D eigenvalue weighted by Gasteiger charge is -2.35. The van der Waals surface area contributed by atoms with Crippen LogP contribution in [-0.4, -0.2) is 65.2 Å². The van der Waals surface area contributed by atoms with Crippen molar-refractivity contribution in [3.8, 4) is 0 Å². The van der Waals surface area contributed by atoms with Crippen LogP contribution in [0, 0.1) is 0 Å². The van der Waals surface area contributed by atoms with Gasteiger partial charge in [-0.3, -0.25) is 14.3 Å². The highest BCUT2D eigenvalue weighted by molar-refractivity contribution is 14.0. The predicted octanol–water partition coefficient (Wildman–Crippen LogP) is 2.38. The molecule has 33 heavy (non-hydrogen) atoms. The van der Waals surface area contributed by atoms with Gasteiger partial charge in [-0.15, -0.1) is 24.0 Å². The van der Waals surface area contributed by atoms with E-state index in [1.165, 1.54) is 0 Å². The minimum Gasteiger partial charge on any atom is -0.356 e. The summed E-state index contributed by atoms with van der Waals surface area (Å²) >= 11 is 0. The van der Waals surface area contributed by atoms with Crippen molar-refractivity contribution in [2.24, 2.45) is 12.0 Å². The summed E-state index contributed by atoms with van der Waals surface area (Å²) in [5.41, 5.74) is 2.47. The predicted molar refractivity (Wildman–Crippen MR) is 141 cm³/mol. The summed E-state index contributed by atoms with van der Waals surface area (Å²) in [6.07, 6.45) is 5.58. The molecule has 1 saturated heterocycles. The van der Waals surface area contributed by atoms with Crippen LogP contribution in [0.4, 0.5) is 5.69 Å². The fourth-order valence-corrected chi connectivity index (χ4v) is 3.51. The van der Waals surface area contributed by atoms with Gasteiger partial charge in [0.2, 0.25) is 5.91 Å². The maximum atomic E-state index is 12.7. The first-order valence-corrected chi connectivity index (χ1v) is 11.2. The van der Waals surface area contributed by atoms with Crippen LogP contribution in [0.2, 0.25) is 0 Å². The number of unbranched alkanes of at least 4 members (excludes halogenated alkanes) is 1. The molecule has 0 saturated carbocycles. The molecule has 0 bridgehead atoms. The summed E-state index contributed by atoms with van der Waals surface area (Å²) in [5, 5.41) is 10.4. The summed E-state index contributed by atoms with van der Waals surface area (Å²) in [4.78, 5) is 33.3. The van der Waals surface area contributed by atoms with E-state index in [0.29, 0.717) is 44.2 Å². The van der Waals surface area contributed by atoms with Crippen LogP contribution in [0.25, 0.3) is 0 Å². The Morgan fingerprint density at radius 1 is 1.15 bits per heavy atom. The monoisotopic (exact) mass is 567 g/mol. The van der Waals surface area contributed by atoms with Crippen LogP contribution < -0.4 is 15.5 Å². The van der Waals surface area contributed by atoms with Crippen LogP contribution in [0.5, 0.6) is 0 Å². The molecule has 2 N–H and O–H groups in total. The SMILES string of the molecule is CCCCNC(=O)c1ccc(CN=C(NCC)N2CCN(c3cnn(C)c3)C(=O)C2)cc1.I. The molecule has 10 heteroatoms. The van der Waals surface area contributed by atoms with Crippen molar-refractivity contribution in [3.63, 3.8) is 0 Å². The fourth-order valence-electron chi connectivity index (χ4n) is 3.51. The van der Waals surface area contributed by atoms with Gasteiger partial charge in [0.1, 0.15) is 6.54 Å². The van der Waals surface area contributed by atoms with Crippen molar-refractivity contribution in [3.05, 3.63) is 47.8 Å². The zero-order valence-corrected chi connectivity index (χ0v) is 21.9. The number of anilines is 1. The van der Waals surface area contributed by atoms with Crippen molar-refractivity contribution in [2.45, 2.75) is 33.2 Å². The quantitative estimate of drug-likeness (QED) is 0.221. The zero-order chi connectivity index (χ0) is 22.9. The van der Waals surface area contributed by atoms with Crippen molar-refractivity contribution in [1.82, 2.24) is 25.3 Å². The number of nitrogens with zero attached hydrogens (tertiary/aromatic N) is 5. The third kappa shape index (κ3) is 7.44. The topological polar surface area (TPSA) is 94.9 Å². The Balaban J connectivity index is 0.00000385. The average Bonchev–Trinajstić information content (AvgIpc) is 3.23. The molecule has 180 valence electrons. The Labute approximate surface area is 212 Å². The van der Waals surface area contributed by atoms with Gasteiger partial charge in [-0.05, 0) is 31.0 Å². The smallest absolute Gasteiger partial charge is 0.251 e. The summed E-state index contributed by atoms with van der Waals surface area (Å²) in [6, 6.07) is 7.51. The number of piperazine rings is 1. The third-order valence-electron chi connectivity index (χ3n) is 5.30. The first kappa shape index (κ1) is 26.6. The van der Waals surface area contributed by atoms with E-state index < -0.39 is 0 Å². The van der Waals surface area contributed by atoms with Crippen LogP contribution in [0.3, 0.4) is 0 Å². The fraction of sp³-hybridized carbons (Fsp3) is 0.478. The van der Waals surface area contributed by atoms with E-state index in [9.17, 15) is 9.59 Å². The minimum absolute atomic E-state index is 0. The molecule has 2 heterocycles. The zero-order valence-electron chi connectivity index (χ0n) is 19.6. The number of aromatic nitrogens is 2. The molecule has 1 aliphatic rings. The molecule has 2 amide bonds. The highest BCUT2D eigenvalue weighted by Crippen LogP contribution is 2.16. The molecule has 2 aromatic rings. The number of amides is 2. The molecule has 1 fully saturated rings. The van der Waals surface area contributed by atoms with Gasteiger partial charge in [-0.2, -0.15) is 5.10 Å². The number of aliphatic imine (C=N–C) groups is 1. The highest BCUT2D eigenvalue weighted by atomic mass is 127. The van der Waals surface area contributed by atoms with E-state index in [2.05, 4.69) is 22.7 Å². The first-order valence-electron chi connectivity index (χ1n) is 11.2. The molecule has 1 aliphatic heterocycles. The van der Waals surface area contributed by atoms with Crippen LogP contribution in [0.1, 0.15) is 42.6 Å². The number of rotatable bonds is 8.